The van der Waals surface area contributed by atoms with Crippen molar-refractivity contribution < 1.29 is 17.9 Å². The Morgan fingerprint density at radius 1 is 1.11 bits per heavy atom. The van der Waals surface area contributed by atoms with Crippen LogP contribution < -0.4 is 10.1 Å². The second kappa shape index (κ2) is 10.6. The maximum atomic E-state index is 12.5. The third-order valence-electron chi connectivity index (χ3n) is 4.15. The fourth-order valence-corrected chi connectivity index (χ4v) is 4.44. The van der Waals surface area contributed by atoms with Crippen LogP contribution in [0.4, 0.5) is 0 Å². The van der Waals surface area contributed by atoms with E-state index < -0.39 is 10.0 Å². The van der Waals surface area contributed by atoms with Crippen molar-refractivity contribution in [2.75, 3.05) is 19.7 Å². The predicted molar refractivity (Wildman–Crippen MR) is 113 cm³/mol. The molecule has 2 aromatic rings. The molecule has 0 saturated carbocycles. The van der Waals surface area contributed by atoms with Crippen molar-refractivity contribution in [1.82, 2.24) is 9.62 Å². The summed E-state index contributed by atoms with van der Waals surface area (Å²) in [6.45, 7) is 5.10. The summed E-state index contributed by atoms with van der Waals surface area (Å²) in [5.41, 5.74) is 0.833. The van der Waals surface area contributed by atoms with E-state index in [4.69, 9.17) is 4.74 Å². The van der Waals surface area contributed by atoms with E-state index in [1.807, 2.05) is 38.1 Å². The van der Waals surface area contributed by atoms with Gasteiger partial charge in [0, 0.05) is 24.1 Å². The Hall–Kier alpha value is -1.90. The molecule has 0 aliphatic heterocycles. The SMILES string of the molecule is CCN(CC)S(=O)(=O)c1ccc(CNC(=O)CCOc2cccc(Br)c2)cc1. The Morgan fingerprint density at radius 2 is 1.79 bits per heavy atom. The number of carbonyl (C=O) groups is 1. The minimum atomic E-state index is -3.46. The molecule has 0 aliphatic carbocycles. The van der Waals surface area contributed by atoms with Crippen LogP contribution in [0.2, 0.25) is 0 Å². The maximum Gasteiger partial charge on any atom is 0.243 e. The van der Waals surface area contributed by atoms with Gasteiger partial charge in [0.05, 0.1) is 17.9 Å². The molecule has 0 unspecified atom stereocenters. The number of hydrogen-bond acceptors (Lipinski definition) is 4. The number of sulfonamides is 1. The molecule has 0 saturated heterocycles. The van der Waals surface area contributed by atoms with Crippen molar-refractivity contribution >= 4 is 31.9 Å². The predicted octanol–water partition coefficient (Wildman–Crippen LogP) is 3.56. The Kier molecular flexibility index (Phi) is 8.47. The summed E-state index contributed by atoms with van der Waals surface area (Å²) in [7, 11) is -3.46. The summed E-state index contributed by atoms with van der Waals surface area (Å²) >= 11 is 3.37. The van der Waals surface area contributed by atoms with Crippen LogP contribution in [0.1, 0.15) is 25.8 Å². The number of amides is 1. The van der Waals surface area contributed by atoms with E-state index in [1.165, 1.54) is 4.31 Å². The average molecular weight is 469 g/mol. The highest BCUT2D eigenvalue weighted by molar-refractivity contribution is 9.10. The number of benzene rings is 2. The molecule has 2 aromatic carbocycles. The van der Waals surface area contributed by atoms with Crippen LogP contribution in [0.15, 0.2) is 57.9 Å². The normalized spacial score (nSPS) is 11.4. The van der Waals surface area contributed by atoms with Crippen LogP contribution in [0.25, 0.3) is 0 Å². The molecule has 0 radical (unpaired) electrons. The highest BCUT2D eigenvalue weighted by Gasteiger charge is 2.21. The van der Waals surface area contributed by atoms with Crippen molar-refractivity contribution in [3.05, 3.63) is 58.6 Å². The number of hydrogen-bond donors (Lipinski definition) is 1. The molecule has 0 spiro atoms. The molecule has 0 aromatic heterocycles. The van der Waals surface area contributed by atoms with Crippen molar-refractivity contribution in [3.8, 4) is 5.75 Å². The Labute approximate surface area is 175 Å². The maximum absolute atomic E-state index is 12.5. The topological polar surface area (TPSA) is 75.7 Å². The molecule has 1 amide bonds. The van der Waals surface area contributed by atoms with Gasteiger partial charge in [-0.15, -0.1) is 0 Å². The van der Waals surface area contributed by atoms with E-state index in [2.05, 4.69) is 21.2 Å². The number of rotatable bonds is 10. The van der Waals surface area contributed by atoms with Crippen molar-refractivity contribution in [3.63, 3.8) is 0 Å². The zero-order valence-corrected chi connectivity index (χ0v) is 18.4. The average Bonchev–Trinajstić information content (AvgIpc) is 2.67. The van der Waals surface area contributed by atoms with Crippen LogP contribution >= 0.6 is 15.9 Å². The van der Waals surface area contributed by atoms with E-state index in [-0.39, 0.29) is 23.8 Å². The fraction of sp³-hybridized carbons (Fsp3) is 0.350. The van der Waals surface area contributed by atoms with Crippen LogP contribution in [-0.2, 0) is 21.4 Å². The van der Waals surface area contributed by atoms with E-state index >= 15 is 0 Å². The van der Waals surface area contributed by atoms with Crippen LogP contribution in [-0.4, -0.2) is 38.3 Å². The first-order valence-corrected chi connectivity index (χ1v) is 11.3. The molecule has 8 heteroatoms. The largest absolute Gasteiger partial charge is 0.493 e. The molecule has 28 heavy (non-hydrogen) atoms. The zero-order valence-electron chi connectivity index (χ0n) is 16.0. The van der Waals surface area contributed by atoms with E-state index in [0.29, 0.717) is 25.4 Å². The number of nitrogens with zero attached hydrogens (tertiary/aromatic N) is 1. The fourth-order valence-electron chi connectivity index (χ4n) is 2.60. The molecule has 6 nitrogen and oxygen atoms in total. The highest BCUT2D eigenvalue weighted by Crippen LogP contribution is 2.18. The number of nitrogens with one attached hydrogen (secondary N) is 1. The molecule has 0 atom stereocenters. The van der Waals surface area contributed by atoms with Gasteiger partial charge in [0.25, 0.3) is 0 Å². The zero-order chi connectivity index (χ0) is 20.6. The smallest absolute Gasteiger partial charge is 0.243 e. The molecular formula is C20H25BrN2O4S. The van der Waals surface area contributed by atoms with Gasteiger partial charge < -0.3 is 10.1 Å². The third kappa shape index (κ3) is 6.32. The summed E-state index contributed by atoms with van der Waals surface area (Å²) in [6, 6.07) is 14.0. The monoisotopic (exact) mass is 468 g/mol. The minimum Gasteiger partial charge on any atom is -0.493 e. The van der Waals surface area contributed by atoms with Crippen molar-refractivity contribution in [1.29, 1.82) is 0 Å². The quantitative estimate of drug-likeness (QED) is 0.578. The van der Waals surface area contributed by atoms with Gasteiger partial charge in [0.1, 0.15) is 5.75 Å². The summed E-state index contributed by atoms with van der Waals surface area (Å²) in [5.74, 6) is 0.571. The minimum absolute atomic E-state index is 0.130. The van der Waals surface area contributed by atoms with E-state index in [9.17, 15) is 13.2 Å². The summed E-state index contributed by atoms with van der Waals surface area (Å²) < 4.78 is 32.8. The van der Waals surface area contributed by atoms with Gasteiger partial charge in [-0.05, 0) is 35.9 Å². The first-order valence-electron chi connectivity index (χ1n) is 9.11. The summed E-state index contributed by atoms with van der Waals surface area (Å²) in [5, 5.41) is 2.81. The van der Waals surface area contributed by atoms with E-state index in [1.54, 1.807) is 24.3 Å². The molecule has 0 heterocycles. The standard InChI is InChI=1S/C20H25BrN2O4S/c1-3-23(4-2)28(25,26)19-10-8-16(9-11-19)15-22-20(24)12-13-27-18-7-5-6-17(21)14-18/h5-11,14H,3-4,12-13,15H2,1-2H3,(H,22,24). The lowest BCUT2D eigenvalue weighted by atomic mass is 10.2. The lowest BCUT2D eigenvalue weighted by Gasteiger charge is -2.18. The lowest BCUT2D eigenvalue weighted by molar-refractivity contribution is -0.121. The third-order valence-corrected chi connectivity index (χ3v) is 6.71. The molecule has 2 rings (SSSR count). The van der Waals surface area contributed by atoms with Crippen molar-refractivity contribution in [2.24, 2.45) is 0 Å². The van der Waals surface area contributed by atoms with Crippen LogP contribution in [0, 0.1) is 0 Å². The van der Waals surface area contributed by atoms with Crippen molar-refractivity contribution in [2.45, 2.75) is 31.7 Å². The van der Waals surface area contributed by atoms with Gasteiger partial charge in [0.2, 0.25) is 15.9 Å². The molecule has 152 valence electrons. The number of ether oxygens (including phenoxy) is 1. The first-order chi connectivity index (χ1) is 13.4. The Bertz CT molecular complexity index is 881. The van der Waals surface area contributed by atoms with E-state index in [0.717, 1.165) is 10.0 Å². The second-order valence-corrected chi connectivity index (χ2v) is 8.92. The lowest BCUT2D eigenvalue weighted by Crippen LogP contribution is -2.30. The summed E-state index contributed by atoms with van der Waals surface area (Å²) in [4.78, 5) is 12.2. The van der Waals surface area contributed by atoms with Crippen LogP contribution in [0.5, 0.6) is 5.75 Å². The van der Waals surface area contributed by atoms with Gasteiger partial charge in [-0.3, -0.25) is 4.79 Å². The van der Waals surface area contributed by atoms with Gasteiger partial charge in [-0.1, -0.05) is 48.0 Å². The molecular weight excluding hydrogens is 444 g/mol. The van der Waals surface area contributed by atoms with Gasteiger partial charge in [-0.25, -0.2) is 8.42 Å². The second-order valence-electron chi connectivity index (χ2n) is 6.07. The Morgan fingerprint density at radius 3 is 2.39 bits per heavy atom. The molecule has 1 N–H and O–H groups in total. The van der Waals surface area contributed by atoms with Crippen LogP contribution in [0.3, 0.4) is 0 Å². The molecule has 0 aliphatic rings. The van der Waals surface area contributed by atoms with Gasteiger partial charge in [-0.2, -0.15) is 4.31 Å². The summed E-state index contributed by atoms with van der Waals surface area (Å²) in [6.07, 6.45) is 0.237. The molecule has 0 fully saturated rings. The van der Waals surface area contributed by atoms with Gasteiger partial charge in [0.15, 0.2) is 0 Å². The Balaban J connectivity index is 1.81. The molecule has 0 bridgehead atoms. The van der Waals surface area contributed by atoms with Gasteiger partial charge >= 0.3 is 0 Å². The highest BCUT2D eigenvalue weighted by atomic mass is 79.9. The number of carbonyl (C=O) groups excluding carboxylic acids is 1. The first kappa shape index (κ1) is 22.4. The number of halogens is 1.